The summed E-state index contributed by atoms with van der Waals surface area (Å²) in [6, 6.07) is 1.77. The fourth-order valence-electron chi connectivity index (χ4n) is 0.770. The van der Waals surface area contributed by atoms with Gasteiger partial charge in [0.1, 0.15) is 5.76 Å². The lowest BCUT2D eigenvalue weighted by Crippen LogP contribution is -1.86. The molecule has 1 aromatic heterocycles. The van der Waals surface area contributed by atoms with E-state index in [0.29, 0.717) is 11.4 Å². The third-order valence-electron chi connectivity index (χ3n) is 1.16. The Bertz CT molecular complexity index is 252. The van der Waals surface area contributed by atoms with E-state index in [1.165, 1.54) is 0 Å². The summed E-state index contributed by atoms with van der Waals surface area (Å²) in [5, 5.41) is 0. The third kappa shape index (κ3) is 5.41. The van der Waals surface area contributed by atoms with E-state index in [2.05, 4.69) is 4.99 Å². The molecule has 0 fully saturated rings. The number of aryl methyl sites for hydroxylation is 1. The summed E-state index contributed by atoms with van der Waals surface area (Å²) < 4.78 is 5.18. The maximum absolute atomic E-state index is 5.54. The topological polar surface area (TPSA) is 51.5 Å². The Kier molecular flexibility index (Phi) is 10.7. The number of hydrogen-bond donors (Lipinski definition) is 1. The first-order valence-electron chi connectivity index (χ1n) is 5.02. The Morgan fingerprint density at radius 2 is 1.79 bits per heavy atom. The van der Waals surface area contributed by atoms with Crippen LogP contribution in [0.1, 0.15) is 39.2 Å². The number of anilines is 1. The highest BCUT2D eigenvalue weighted by Gasteiger charge is 2.00. The van der Waals surface area contributed by atoms with Gasteiger partial charge in [-0.2, -0.15) is 0 Å². The number of nitrogens with two attached hydrogens (primary N) is 1. The average Bonchev–Trinajstić information content (AvgIpc) is 2.53. The van der Waals surface area contributed by atoms with Crippen LogP contribution in [0.15, 0.2) is 15.5 Å². The van der Waals surface area contributed by atoms with Crippen molar-refractivity contribution < 1.29 is 4.42 Å². The molecule has 1 heterocycles. The van der Waals surface area contributed by atoms with E-state index in [1.54, 1.807) is 19.3 Å². The number of nitrogen functional groups attached to an aromatic ring is 1. The zero-order chi connectivity index (χ0) is 11.6. The van der Waals surface area contributed by atoms with Gasteiger partial charge >= 0.3 is 0 Å². The average molecular weight is 198 g/mol. The van der Waals surface area contributed by atoms with Gasteiger partial charge in [-0.3, -0.25) is 4.99 Å². The molecule has 0 aliphatic heterocycles. The van der Waals surface area contributed by atoms with Crippen molar-refractivity contribution >= 4 is 11.9 Å². The van der Waals surface area contributed by atoms with Crippen LogP contribution in [0.3, 0.4) is 0 Å². The largest absolute Gasteiger partial charge is 0.458 e. The van der Waals surface area contributed by atoms with E-state index in [1.807, 2.05) is 34.6 Å². The van der Waals surface area contributed by atoms with E-state index in [9.17, 15) is 0 Å². The van der Waals surface area contributed by atoms with Crippen LogP contribution in [0.4, 0.5) is 5.69 Å². The minimum Gasteiger partial charge on any atom is -0.458 e. The van der Waals surface area contributed by atoms with Crippen LogP contribution in [0.2, 0.25) is 0 Å². The molecule has 3 heteroatoms. The van der Waals surface area contributed by atoms with E-state index >= 15 is 0 Å². The molecule has 3 nitrogen and oxygen atoms in total. The number of rotatable bonds is 1. The molecule has 0 radical (unpaired) electrons. The first-order valence-corrected chi connectivity index (χ1v) is 5.02. The smallest absolute Gasteiger partial charge is 0.167 e. The van der Waals surface area contributed by atoms with Crippen molar-refractivity contribution in [2.75, 3.05) is 12.8 Å². The van der Waals surface area contributed by atoms with Gasteiger partial charge in [-0.25, -0.2) is 0 Å². The monoisotopic (exact) mass is 198 g/mol. The summed E-state index contributed by atoms with van der Waals surface area (Å²) in [4.78, 5) is 3.78. The zero-order valence-corrected chi connectivity index (χ0v) is 10.1. The Morgan fingerprint density at radius 1 is 1.29 bits per heavy atom. The van der Waals surface area contributed by atoms with Gasteiger partial charge in [0, 0.05) is 13.1 Å². The molecular formula is C11H22N2O. The van der Waals surface area contributed by atoms with Crippen LogP contribution in [-0.2, 0) is 0 Å². The number of furan rings is 1. The van der Waals surface area contributed by atoms with Crippen molar-refractivity contribution in [3.8, 4) is 0 Å². The Hall–Kier alpha value is -1.25. The highest BCUT2D eigenvalue weighted by molar-refractivity contribution is 5.83. The van der Waals surface area contributed by atoms with Crippen molar-refractivity contribution in [3.63, 3.8) is 0 Å². The van der Waals surface area contributed by atoms with Crippen molar-refractivity contribution in [2.24, 2.45) is 4.99 Å². The maximum atomic E-state index is 5.54. The fraction of sp³-hybridized carbons (Fsp3) is 0.545. The molecule has 0 aliphatic rings. The fourth-order valence-corrected chi connectivity index (χ4v) is 0.770. The normalized spacial score (nSPS) is 8.71. The second-order valence-electron chi connectivity index (χ2n) is 2.06. The van der Waals surface area contributed by atoms with Crippen LogP contribution in [-0.4, -0.2) is 13.3 Å². The zero-order valence-electron chi connectivity index (χ0n) is 10.1. The summed E-state index contributed by atoms with van der Waals surface area (Å²) in [5.74, 6) is 1.45. The second-order valence-corrected chi connectivity index (χ2v) is 2.06. The lowest BCUT2D eigenvalue weighted by Gasteiger charge is -1.84. The summed E-state index contributed by atoms with van der Waals surface area (Å²) in [5.41, 5.74) is 6.18. The van der Waals surface area contributed by atoms with E-state index in [0.717, 1.165) is 5.76 Å². The van der Waals surface area contributed by atoms with Gasteiger partial charge in [0.05, 0.1) is 11.9 Å². The lowest BCUT2D eigenvalue weighted by molar-refractivity contribution is 0.529. The molecule has 1 aromatic rings. The molecule has 82 valence electrons. The minimum atomic E-state index is 0.639. The van der Waals surface area contributed by atoms with Crippen molar-refractivity contribution in [1.82, 2.24) is 0 Å². The Morgan fingerprint density at radius 3 is 2.07 bits per heavy atom. The van der Waals surface area contributed by atoms with Crippen LogP contribution in [0.25, 0.3) is 0 Å². The van der Waals surface area contributed by atoms with E-state index < -0.39 is 0 Å². The third-order valence-corrected chi connectivity index (χ3v) is 1.16. The minimum absolute atomic E-state index is 0.639. The van der Waals surface area contributed by atoms with Crippen LogP contribution < -0.4 is 5.73 Å². The molecule has 1 rings (SSSR count). The van der Waals surface area contributed by atoms with Gasteiger partial charge < -0.3 is 10.2 Å². The predicted octanol–water partition coefficient (Wildman–Crippen LogP) is 3.27. The Balaban J connectivity index is 0. The molecule has 0 aromatic carbocycles. The van der Waals surface area contributed by atoms with Gasteiger partial charge in [-0.05, 0) is 6.92 Å². The van der Waals surface area contributed by atoms with Crippen molar-refractivity contribution in [3.05, 3.63) is 17.6 Å². The molecule has 0 aliphatic carbocycles. The number of nitrogens with zero attached hydrogens (tertiary/aromatic N) is 1. The highest BCUT2D eigenvalue weighted by atomic mass is 16.3. The summed E-state index contributed by atoms with van der Waals surface area (Å²) in [6.07, 6.45) is 1.60. The summed E-state index contributed by atoms with van der Waals surface area (Å²) >= 11 is 0. The summed E-state index contributed by atoms with van der Waals surface area (Å²) in [7, 11) is 1.68. The lowest BCUT2D eigenvalue weighted by atomic mass is 10.4. The highest BCUT2D eigenvalue weighted by Crippen LogP contribution is 2.13. The van der Waals surface area contributed by atoms with Gasteiger partial charge in [0.25, 0.3) is 0 Å². The SMILES string of the molecule is CC.CC.CN=Cc1oc(C)cc1N. The molecule has 0 saturated carbocycles. The number of hydrogen-bond acceptors (Lipinski definition) is 3. The molecule has 0 atom stereocenters. The van der Waals surface area contributed by atoms with Crippen LogP contribution >= 0.6 is 0 Å². The first kappa shape index (κ1) is 15.2. The van der Waals surface area contributed by atoms with E-state index in [4.69, 9.17) is 10.2 Å². The molecule has 0 unspecified atom stereocenters. The molecule has 0 spiro atoms. The molecule has 14 heavy (non-hydrogen) atoms. The van der Waals surface area contributed by atoms with Gasteiger partial charge in [0.15, 0.2) is 5.76 Å². The predicted molar refractivity (Wildman–Crippen MR) is 64.1 cm³/mol. The maximum Gasteiger partial charge on any atom is 0.167 e. The molecule has 0 bridgehead atoms. The summed E-state index contributed by atoms with van der Waals surface area (Å²) in [6.45, 7) is 9.85. The van der Waals surface area contributed by atoms with Crippen molar-refractivity contribution in [2.45, 2.75) is 34.6 Å². The van der Waals surface area contributed by atoms with Crippen LogP contribution in [0, 0.1) is 6.92 Å². The first-order chi connectivity index (χ1) is 6.74. The molecule has 2 N–H and O–H groups in total. The van der Waals surface area contributed by atoms with E-state index in [-0.39, 0.29) is 0 Å². The van der Waals surface area contributed by atoms with Crippen LogP contribution in [0.5, 0.6) is 0 Å². The number of aliphatic imine (C=N–C) groups is 1. The van der Waals surface area contributed by atoms with Gasteiger partial charge in [0.2, 0.25) is 0 Å². The van der Waals surface area contributed by atoms with Gasteiger partial charge in [-0.15, -0.1) is 0 Å². The van der Waals surface area contributed by atoms with Gasteiger partial charge in [-0.1, -0.05) is 27.7 Å². The van der Waals surface area contributed by atoms with Crippen molar-refractivity contribution in [1.29, 1.82) is 0 Å². The molecular weight excluding hydrogens is 176 g/mol. The standard InChI is InChI=1S/C7H10N2O.2C2H6/c1-5-3-6(8)7(10-5)4-9-2;2*1-2/h3-4H,8H2,1-2H3;2*1-2H3. The quantitative estimate of drug-likeness (QED) is 0.704. The molecule has 0 saturated heterocycles. The second kappa shape index (κ2) is 9.84. The molecule has 0 amide bonds. The Labute approximate surface area is 87.0 Å².